The molecule has 0 atom stereocenters. The van der Waals surface area contributed by atoms with Gasteiger partial charge in [-0.25, -0.2) is 0 Å². The smallest absolute Gasteiger partial charge is 0.219 e. The van der Waals surface area contributed by atoms with Crippen LogP contribution in [-0.4, -0.2) is 77.1 Å². The number of fused-ring (bicyclic) bond motifs is 3. The van der Waals surface area contributed by atoms with E-state index in [4.69, 9.17) is 10.2 Å². The molecule has 13 heteroatoms. The first-order valence-corrected chi connectivity index (χ1v) is 17.6. The van der Waals surface area contributed by atoms with Crippen molar-refractivity contribution in [1.82, 2.24) is 39.1 Å². The molecule has 0 saturated carbocycles. The van der Waals surface area contributed by atoms with Crippen LogP contribution >= 0.6 is 0 Å². The van der Waals surface area contributed by atoms with Gasteiger partial charge in [0.15, 0.2) is 11.6 Å². The fourth-order valence-corrected chi connectivity index (χ4v) is 7.80. The van der Waals surface area contributed by atoms with Gasteiger partial charge in [-0.3, -0.25) is 23.6 Å². The van der Waals surface area contributed by atoms with Crippen LogP contribution in [0.5, 0.6) is 0 Å². The molecular formula is C38H41N11O2. The molecule has 13 nitrogen and oxygen atoms in total. The maximum absolute atomic E-state index is 12.6. The van der Waals surface area contributed by atoms with E-state index in [0.717, 1.165) is 64.5 Å². The quantitative estimate of drug-likeness (QED) is 0.221. The first-order valence-electron chi connectivity index (χ1n) is 17.6. The topological polar surface area (TPSA) is 124 Å². The van der Waals surface area contributed by atoms with Crippen molar-refractivity contribution in [1.29, 1.82) is 5.26 Å². The lowest BCUT2D eigenvalue weighted by molar-refractivity contribution is -0.130. The summed E-state index contributed by atoms with van der Waals surface area (Å²) in [6, 6.07) is 18.9. The van der Waals surface area contributed by atoms with Crippen LogP contribution in [0.25, 0.3) is 11.1 Å². The van der Waals surface area contributed by atoms with Crippen molar-refractivity contribution < 1.29 is 9.59 Å². The van der Waals surface area contributed by atoms with Gasteiger partial charge in [-0.15, -0.1) is 0 Å². The van der Waals surface area contributed by atoms with E-state index in [2.05, 4.69) is 49.7 Å². The van der Waals surface area contributed by atoms with Crippen molar-refractivity contribution in [2.45, 2.75) is 59.3 Å². The Morgan fingerprint density at radius 3 is 2.16 bits per heavy atom. The molecule has 6 heterocycles. The van der Waals surface area contributed by atoms with E-state index < -0.39 is 0 Å². The van der Waals surface area contributed by atoms with Crippen molar-refractivity contribution in [2.24, 2.45) is 7.05 Å². The van der Waals surface area contributed by atoms with Gasteiger partial charge in [0.25, 0.3) is 0 Å². The highest BCUT2D eigenvalue weighted by atomic mass is 16.2. The number of nitrogens with zero attached hydrogens (tertiary/aromatic N) is 11. The first kappa shape index (κ1) is 32.3. The minimum absolute atomic E-state index is 0.0193. The van der Waals surface area contributed by atoms with E-state index in [1.54, 1.807) is 18.5 Å². The Bertz CT molecular complexity index is 2170. The molecule has 0 N–H and O–H groups in total. The number of amides is 2. The molecule has 2 aromatic carbocycles. The zero-order chi connectivity index (χ0) is 35.2. The Hall–Kier alpha value is -5.90. The normalized spacial score (nSPS) is 15.0. The fraction of sp³-hybridized carbons (Fsp3) is 0.368. The zero-order valence-corrected chi connectivity index (χ0v) is 29.3. The predicted molar refractivity (Wildman–Crippen MR) is 192 cm³/mol. The van der Waals surface area contributed by atoms with E-state index in [9.17, 15) is 14.9 Å². The maximum Gasteiger partial charge on any atom is 0.219 e. The third-order valence-corrected chi connectivity index (χ3v) is 10.5. The van der Waals surface area contributed by atoms with Crippen LogP contribution < -0.4 is 9.80 Å². The molecule has 0 radical (unpaired) electrons. The summed E-state index contributed by atoms with van der Waals surface area (Å²) in [7, 11) is 1.89. The Balaban J connectivity index is 1.13. The molecule has 260 valence electrons. The summed E-state index contributed by atoms with van der Waals surface area (Å²) in [6.45, 7) is 7.62. The number of aryl methyl sites for hydroxylation is 3. The van der Waals surface area contributed by atoms with Crippen LogP contribution in [-0.2, 0) is 62.1 Å². The monoisotopic (exact) mass is 683 g/mol. The van der Waals surface area contributed by atoms with Gasteiger partial charge in [0.1, 0.15) is 6.54 Å². The van der Waals surface area contributed by atoms with Gasteiger partial charge in [-0.1, -0.05) is 30.3 Å². The molecule has 0 fully saturated rings. The summed E-state index contributed by atoms with van der Waals surface area (Å²) < 4.78 is 5.95. The average molecular weight is 684 g/mol. The third kappa shape index (κ3) is 5.90. The predicted octanol–water partition coefficient (Wildman–Crippen LogP) is 4.35. The number of hydrogen-bond acceptors (Lipinski definition) is 8. The van der Waals surface area contributed by atoms with Crippen LogP contribution in [0.2, 0.25) is 0 Å². The van der Waals surface area contributed by atoms with Crippen LogP contribution in [0.3, 0.4) is 0 Å². The fourth-order valence-electron chi connectivity index (χ4n) is 7.80. The Morgan fingerprint density at radius 1 is 0.824 bits per heavy atom. The van der Waals surface area contributed by atoms with E-state index in [0.29, 0.717) is 51.5 Å². The number of carbonyl (C=O) groups is 2. The summed E-state index contributed by atoms with van der Waals surface area (Å²) in [5, 5.41) is 24.7. The van der Waals surface area contributed by atoms with Crippen molar-refractivity contribution in [3.8, 4) is 17.2 Å². The molecule has 0 unspecified atom stereocenters. The number of hydrogen-bond donors (Lipinski definition) is 0. The SMILES string of the molecule is CC(=O)N1CCc2c(c(N(CC#N)c3ccc(-c4cnn(C)c4)cc3)nn2CCn2nc(N3CCc4ccccc43)c3c2CCN(C(C)=O)C3)C1. The molecule has 5 aromatic rings. The van der Waals surface area contributed by atoms with Crippen LogP contribution in [0.4, 0.5) is 23.0 Å². The Kier molecular flexibility index (Phi) is 8.30. The lowest BCUT2D eigenvalue weighted by Gasteiger charge is -2.28. The van der Waals surface area contributed by atoms with Crippen molar-refractivity contribution in [3.05, 3.63) is 89.0 Å². The van der Waals surface area contributed by atoms with Crippen molar-refractivity contribution in [2.75, 3.05) is 36.0 Å². The number of nitriles is 1. The number of benzene rings is 2. The van der Waals surface area contributed by atoms with Crippen molar-refractivity contribution in [3.63, 3.8) is 0 Å². The molecule has 0 spiro atoms. The lowest BCUT2D eigenvalue weighted by atomic mass is 10.1. The molecular weight excluding hydrogens is 642 g/mol. The number of anilines is 4. The van der Waals surface area contributed by atoms with E-state index >= 15 is 0 Å². The van der Waals surface area contributed by atoms with Gasteiger partial charge in [-0.2, -0.15) is 20.6 Å². The van der Waals surface area contributed by atoms with Gasteiger partial charge >= 0.3 is 0 Å². The maximum atomic E-state index is 12.6. The van der Waals surface area contributed by atoms with Crippen LogP contribution in [0.1, 0.15) is 41.9 Å². The number of carbonyl (C=O) groups excluding carboxylic acids is 2. The second kappa shape index (κ2) is 13.1. The lowest BCUT2D eigenvalue weighted by Crippen LogP contribution is -2.35. The van der Waals surface area contributed by atoms with Crippen LogP contribution in [0.15, 0.2) is 60.9 Å². The Morgan fingerprint density at radius 2 is 1.49 bits per heavy atom. The standard InChI is InChI=1S/C38H41N11O2/c1-26(50)44-16-13-35-32(24-44)37(46(19-15-39)31-10-8-28(9-11-31)30-22-40-43(3)23-30)41-48(35)20-21-49-36-14-17-45(27(2)51)25-33(36)38(42-49)47-18-12-29-6-4-5-7-34(29)47/h4-11,22-23H,12-14,16-21,24-25H2,1-3H3. The van der Waals surface area contributed by atoms with Gasteiger partial charge in [0.2, 0.25) is 11.8 Å². The van der Waals surface area contributed by atoms with E-state index in [-0.39, 0.29) is 18.4 Å². The minimum atomic E-state index is 0.0193. The minimum Gasteiger partial charge on any atom is -0.338 e. The molecule has 3 aliphatic heterocycles. The Labute approximate surface area is 296 Å². The second-order valence-corrected chi connectivity index (χ2v) is 13.5. The van der Waals surface area contributed by atoms with Gasteiger partial charge < -0.3 is 19.6 Å². The molecule has 0 saturated heterocycles. The highest BCUT2D eigenvalue weighted by Crippen LogP contribution is 2.39. The molecule has 2 amide bonds. The summed E-state index contributed by atoms with van der Waals surface area (Å²) in [6.07, 6.45) is 6.17. The summed E-state index contributed by atoms with van der Waals surface area (Å²) in [4.78, 5) is 33.0. The first-order chi connectivity index (χ1) is 24.8. The molecule has 0 bridgehead atoms. The van der Waals surface area contributed by atoms with Gasteiger partial charge in [-0.05, 0) is 35.7 Å². The highest BCUT2D eigenvalue weighted by Gasteiger charge is 2.33. The number of rotatable bonds is 8. The molecule has 51 heavy (non-hydrogen) atoms. The summed E-state index contributed by atoms with van der Waals surface area (Å²) in [5.74, 6) is 1.72. The summed E-state index contributed by atoms with van der Waals surface area (Å²) in [5.41, 5.74) is 9.71. The number of aromatic nitrogens is 6. The summed E-state index contributed by atoms with van der Waals surface area (Å²) >= 11 is 0. The van der Waals surface area contributed by atoms with E-state index in [1.807, 2.05) is 58.4 Å². The molecule has 8 rings (SSSR count). The molecule has 0 aliphatic carbocycles. The largest absolute Gasteiger partial charge is 0.338 e. The average Bonchev–Trinajstić information content (AvgIpc) is 3.93. The van der Waals surface area contributed by atoms with Crippen LogP contribution in [0, 0.1) is 11.3 Å². The molecule has 3 aliphatic rings. The molecule has 3 aromatic heterocycles. The highest BCUT2D eigenvalue weighted by molar-refractivity contribution is 5.76. The number of para-hydroxylation sites is 1. The second-order valence-electron chi connectivity index (χ2n) is 13.5. The van der Waals surface area contributed by atoms with Gasteiger partial charge in [0, 0.05) is 99.0 Å². The van der Waals surface area contributed by atoms with Crippen molar-refractivity contribution >= 4 is 34.8 Å². The zero-order valence-electron chi connectivity index (χ0n) is 29.3. The van der Waals surface area contributed by atoms with Gasteiger partial charge in [0.05, 0.1) is 38.4 Å². The third-order valence-electron chi connectivity index (χ3n) is 10.5. The van der Waals surface area contributed by atoms with E-state index in [1.165, 1.54) is 11.3 Å².